The van der Waals surface area contributed by atoms with Crippen LogP contribution >= 0.6 is 23.5 Å². The zero-order chi connectivity index (χ0) is 7.40. The second kappa shape index (κ2) is 4.35. The van der Waals surface area contributed by atoms with Crippen molar-refractivity contribution < 1.29 is 0 Å². The van der Waals surface area contributed by atoms with Crippen LogP contribution in [0.25, 0.3) is 0 Å². The van der Waals surface area contributed by atoms with Crippen LogP contribution in [0.1, 0.15) is 19.8 Å². The van der Waals surface area contributed by atoms with Crippen molar-refractivity contribution in [3.05, 3.63) is 12.2 Å². The van der Waals surface area contributed by atoms with Gasteiger partial charge in [0.05, 0.1) is 4.58 Å². The van der Waals surface area contributed by atoms with Gasteiger partial charge in [0.25, 0.3) is 0 Å². The summed E-state index contributed by atoms with van der Waals surface area (Å²) in [5, 5.41) is 0. The average molecular weight is 174 g/mol. The van der Waals surface area contributed by atoms with E-state index in [2.05, 4.69) is 37.0 Å². The van der Waals surface area contributed by atoms with E-state index in [-0.39, 0.29) is 0 Å². The fourth-order valence-corrected chi connectivity index (χ4v) is 3.89. The molecule has 0 aromatic carbocycles. The highest BCUT2D eigenvalue weighted by atomic mass is 32.2. The summed E-state index contributed by atoms with van der Waals surface area (Å²) in [6.45, 7) is 6.25. The molecular formula is C8H14S2. The Balaban J connectivity index is 2.31. The minimum atomic E-state index is 0.707. The Morgan fingerprint density at radius 2 is 2.10 bits per heavy atom. The third kappa shape index (κ3) is 2.24. The van der Waals surface area contributed by atoms with E-state index >= 15 is 0 Å². The Bertz CT molecular complexity index is 114. The summed E-state index contributed by atoms with van der Waals surface area (Å²) in [7, 11) is 0. The van der Waals surface area contributed by atoms with E-state index in [1.54, 1.807) is 0 Å². The molecule has 0 atom stereocenters. The largest absolute Gasteiger partial charge is 0.143 e. The number of rotatable bonds is 2. The Morgan fingerprint density at radius 3 is 2.60 bits per heavy atom. The summed E-state index contributed by atoms with van der Waals surface area (Å²) < 4.78 is 0.707. The first kappa shape index (κ1) is 8.54. The lowest BCUT2D eigenvalue weighted by Gasteiger charge is -2.21. The van der Waals surface area contributed by atoms with Crippen LogP contribution in [0.5, 0.6) is 0 Å². The maximum absolute atomic E-state index is 4.06. The molecule has 0 nitrogen and oxygen atoms in total. The molecule has 58 valence electrons. The molecule has 1 aliphatic rings. The lowest BCUT2D eigenvalue weighted by molar-refractivity contribution is 1.06. The van der Waals surface area contributed by atoms with Crippen molar-refractivity contribution in [3.63, 3.8) is 0 Å². The van der Waals surface area contributed by atoms with Crippen molar-refractivity contribution in [2.45, 2.75) is 24.3 Å². The smallest absolute Gasteiger partial charge is 0.0708 e. The van der Waals surface area contributed by atoms with E-state index < -0.39 is 0 Å². The molecule has 1 rings (SSSR count). The first-order chi connectivity index (χ1) is 4.84. The first-order valence-electron chi connectivity index (χ1n) is 3.75. The van der Waals surface area contributed by atoms with Crippen LogP contribution in [-0.4, -0.2) is 16.1 Å². The highest BCUT2D eigenvalue weighted by molar-refractivity contribution is 8.17. The van der Waals surface area contributed by atoms with E-state index in [0.717, 1.165) is 6.42 Å². The minimum absolute atomic E-state index is 0.707. The quantitative estimate of drug-likeness (QED) is 0.590. The standard InChI is InChI=1S/C8H14S2/c1-3-7(2)8-9-5-4-6-10-8/h8H,2-6H2,1H3. The Morgan fingerprint density at radius 1 is 1.50 bits per heavy atom. The summed E-state index contributed by atoms with van der Waals surface area (Å²) >= 11 is 4.12. The van der Waals surface area contributed by atoms with E-state index in [0.29, 0.717) is 4.58 Å². The molecule has 0 bridgehead atoms. The lowest BCUT2D eigenvalue weighted by Crippen LogP contribution is -2.08. The molecule has 0 aliphatic carbocycles. The van der Waals surface area contributed by atoms with Crippen LogP contribution in [0.15, 0.2) is 12.2 Å². The van der Waals surface area contributed by atoms with Gasteiger partial charge in [0.15, 0.2) is 0 Å². The van der Waals surface area contributed by atoms with E-state index in [4.69, 9.17) is 0 Å². The van der Waals surface area contributed by atoms with Gasteiger partial charge in [0, 0.05) is 0 Å². The Labute approximate surface area is 71.8 Å². The number of hydrogen-bond acceptors (Lipinski definition) is 2. The van der Waals surface area contributed by atoms with Gasteiger partial charge in [-0.2, -0.15) is 0 Å². The van der Waals surface area contributed by atoms with Gasteiger partial charge in [-0.3, -0.25) is 0 Å². The molecule has 0 N–H and O–H groups in total. The van der Waals surface area contributed by atoms with Crippen LogP contribution in [-0.2, 0) is 0 Å². The van der Waals surface area contributed by atoms with Crippen LogP contribution in [0.4, 0.5) is 0 Å². The monoisotopic (exact) mass is 174 g/mol. The maximum Gasteiger partial charge on any atom is 0.0708 e. The predicted octanol–water partition coefficient (Wildman–Crippen LogP) is 3.15. The number of hydrogen-bond donors (Lipinski definition) is 0. The molecule has 1 heterocycles. The highest BCUT2D eigenvalue weighted by Gasteiger charge is 2.15. The average Bonchev–Trinajstić information content (AvgIpc) is 2.05. The fourth-order valence-electron chi connectivity index (χ4n) is 0.890. The summed E-state index contributed by atoms with van der Waals surface area (Å²) in [5.41, 5.74) is 1.41. The predicted molar refractivity (Wildman–Crippen MR) is 52.8 cm³/mol. The van der Waals surface area contributed by atoms with Gasteiger partial charge in [0.2, 0.25) is 0 Å². The molecule has 0 aromatic rings. The molecule has 0 radical (unpaired) electrons. The SMILES string of the molecule is C=C(CC)C1SCCCS1. The second-order valence-electron chi connectivity index (χ2n) is 2.44. The Kier molecular flexibility index (Phi) is 3.71. The van der Waals surface area contributed by atoms with Crippen molar-refractivity contribution in [2.75, 3.05) is 11.5 Å². The minimum Gasteiger partial charge on any atom is -0.143 e. The molecule has 0 amide bonds. The highest BCUT2D eigenvalue weighted by Crippen LogP contribution is 2.35. The summed E-state index contributed by atoms with van der Waals surface area (Å²) in [6.07, 6.45) is 2.52. The van der Waals surface area contributed by atoms with Crippen LogP contribution in [0.2, 0.25) is 0 Å². The van der Waals surface area contributed by atoms with Gasteiger partial charge >= 0.3 is 0 Å². The van der Waals surface area contributed by atoms with Crippen molar-refractivity contribution in [1.29, 1.82) is 0 Å². The van der Waals surface area contributed by atoms with Crippen molar-refractivity contribution in [2.24, 2.45) is 0 Å². The van der Waals surface area contributed by atoms with Crippen molar-refractivity contribution >= 4 is 23.5 Å². The van der Waals surface area contributed by atoms with E-state index in [9.17, 15) is 0 Å². The summed E-state index contributed by atoms with van der Waals surface area (Å²) in [5.74, 6) is 2.66. The van der Waals surface area contributed by atoms with Gasteiger partial charge in [-0.05, 0) is 24.3 Å². The summed E-state index contributed by atoms with van der Waals surface area (Å²) in [4.78, 5) is 0. The molecule has 0 unspecified atom stereocenters. The maximum atomic E-state index is 4.06. The number of thioether (sulfide) groups is 2. The molecule has 2 heteroatoms. The van der Waals surface area contributed by atoms with E-state index in [1.807, 2.05) is 0 Å². The Hall–Kier alpha value is 0.440. The third-order valence-electron chi connectivity index (χ3n) is 1.61. The van der Waals surface area contributed by atoms with Gasteiger partial charge in [-0.1, -0.05) is 19.1 Å². The van der Waals surface area contributed by atoms with Crippen LogP contribution in [0.3, 0.4) is 0 Å². The molecular weight excluding hydrogens is 160 g/mol. The molecule has 0 aromatic heterocycles. The molecule has 10 heavy (non-hydrogen) atoms. The molecule has 1 aliphatic heterocycles. The zero-order valence-electron chi connectivity index (χ0n) is 6.43. The molecule has 1 fully saturated rings. The van der Waals surface area contributed by atoms with Crippen LogP contribution < -0.4 is 0 Å². The van der Waals surface area contributed by atoms with Gasteiger partial charge in [-0.25, -0.2) is 0 Å². The zero-order valence-corrected chi connectivity index (χ0v) is 8.06. The third-order valence-corrected chi connectivity index (χ3v) is 4.75. The molecule has 1 saturated heterocycles. The molecule has 0 saturated carbocycles. The first-order valence-corrected chi connectivity index (χ1v) is 5.85. The van der Waals surface area contributed by atoms with Crippen molar-refractivity contribution in [1.82, 2.24) is 0 Å². The lowest BCUT2D eigenvalue weighted by atomic mass is 10.3. The fraction of sp³-hybridized carbons (Fsp3) is 0.750. The van der Waals surface area contributed by atoms with Crippen molar-refractivity contribution in [3.8, 4) is 0 Å². The van der Waals surface area contributed by atoms with Gasteiger partial charge < -0.3 is 0 Å². The van der Waals surface area contributed by atoms with E-state index in [1.165, 1.54) is 23.5 Å². The normalized spacial score (nSPS) is 20.9. The second-order valence-corrected chi connectivity index (χ2v) is 5.16. The van der Waals surface area contributed by atoms with Gasteiger partial charge in [-0.15, -0.1) is 23.5 Å². The molecule has 0 spiro atoms. The summed E-state index contributed by atoms with van der Waals surface area (Å²) in [6, 6.07) is 0. The van der Waals surface area contributed by atoms with Gasteiger partial charge in [0.1, 0.15) is 0 Å². The topological polar surface area (TPSA) is 0 Å². The van der Waals surface area contributed by atoms with Crippen LogP contribution in [0, 0.1) is 0 Å².